The monoisotopic (exact) mass is 577 g/mol. The molecule has 5 rings (SSSR count). The van der Waals surface area contributed by atoms with Gasteiger partial charge in [0.05, 0.1) is 6.61 Å². The molecule has 4 aromatic rings. The van der Waals surface area contributed by atoms with Crippen molar-refractivity contribution in [3.05, 3.63) is 94.2 Å². The summed E-state index contributed by atoms with van der Waals surface area (Å²) in [6.45, 7) is 10.0. The lowest BCUT2D eigenvalue weighted by Crippen LogP contribution is -2.67. The third kappa shape index (κ3) is 4.77. The van der Waals surface area contributed by atoms with Gasteiger partial charge in [0, 0.05) is 6.54 Å². The van der Waals surface area contributed by atoms with Gasteiger partial charge in [0.25, 0.3) is 13.9 Å². The second-order valence-electron chi connectivity index (χ2n) is 11.2. The highest BCUT2D eigenvalue weighted by Gasteiger charge is 2.52. The number of ether oxygens (including phenoxy) is 1. The maximum atomic E-state index is 13.5. The van der Waals surface area contributed by atoms with Crippen LogP contribution in [0, 0.1) is 0 Å². The van der Waals surface area contributed by atoms with Gasteiger partial charge in [0.1, 0.15) is 18.3 Å². The Labute approximate surface area is 237 Å². The van der Waals surface area contributed by atoms with Crippen molar-refractivity contribution in [2.75, 3.05) is 12.3 Å². The molecule has 3 heterocycles. The van der Waals surface area contributed by atoms with Crippen molar-refractivity contribution >= 4 is 35.8 Å². The predicted octanol–water partition coefficient (Wildman–Crippen LogP) is 0.850. The number of H-pyrrole nitrogens is 1. The fraction of sp³-hybridized carbons (Fsp3) is 0.345. The minimum Gasteiger partial charge on any atom is -0.405 e. The van der Waals surface area contributed by atoms with Crippen LogP contribution in [0.1, 0.15) is 27.0 Å². The summed E-state index contributed by atoms with van der Waals surface area (Å²) in [5.74, 6) is -0.202. The summed E-state index contributed by atoms with van der Waals surface area (Å²) in [7, 11) is -2.98. The summed E-state index contributed by atoms with van der Waals surface area (Å²) in [6, 6.07) is 20.0. The van der Waals surface area contributed by atoms with Crippen LogP contribution in [0.25, 0.3) is 11.2 Å². The molecule has 0 aliphatic carbocycles. The number of aromatic amines is 1. The molecule has 11 nitrogen and oxygen atoms in total. The average molecular weight is 578 g/mol. The van der Waals surface area contributed by atoms with E-state index in [2.05, 4.69) is 61.6 Å². The molecule has 12 heteroatoms. The van der Waals surface area contributed by atoms with E-state index in [1.807, 2.05) is 36.4 Å². The Balaban J connectivity index is 1.55. The SMILES string of the molecule is C=CCn1c(=O)n(C2OC(CO[Si](c3ccccc3)(c3ccccc3)C(C)(C)C)[C@@H](O)[C@H]2O)c2nc(N)[nH]c(=O)c21. The van der Waals surface area contributed by atoms with Crippen LogP contribution in [0.4, 0.5) is 5.95 Å². The van der Waals surface area contributed by atoms with Gasteiger partial charge in [-0.3, -0.25) is 14.3 Å². The summed E-state index contributed by atoms with van der Waals surface area (Å²) in [5, 5.41) is 24.0. The lowest BCUT2D eigenvalue weighted by molar-refractivity contribution is -0.0503. The van der Waals surface area contributed by atoms with E-state index in [0.717, 1.165) is 14.9 Å². The summed E-state index contributed by atoms with van der Waals surface area (Å²) in [5.41, 5.74) is 4.40. The molecule has 1 aliphatic rings. The van der Waals surface area contributed by atoms with Crippen molar-refractivity contribution in [1.82, 2.24) is 19.1 Å². The highest BCUT2D eigenvalue weighted by atomic mass is 28.4. The molecule has 41 heavy (non-hydrogen) atoms. The summed E-state index contributed by atoms with van der Waals surface area (Å²) < 4.78 is 15.3. The topological polar surface area (TPSA) is 158 Å². The third-order valence-corrected chi connectivity index (χ3v) is 12.6. The number of allylic oxidation sites excluding steroid dienone is 1. The van der Waals surface area contributed by atoms with E-state index in [0.29, 0.717) is 0 Å². The van der Waals surface area contributed by atoms with Crippen LogP contribution in [0.2, 0.25) is 5.04 Å². The second kappa shape index (κ2) is 10.9. The van der Waals surface area contributed by atoms with Gasteiger partial charge in [0.2, 0.25) is 5.95 Å². The van der Waals surface area contributed by atoms with Gasteiger partial charge in [0.15, 0.2) is 17.4 Å². The molecule has 1 fully saturated rings. The molecule has 0 spiro atoms. The van der Waals surface area contributed by atoms with E-state index in [1.54, 1.807) is 0 Å². The van der Waals surface area contributed by atoms with Crippen LogP contribution in [0.15, 0.2) is 82.9 Å². The van der Waals surface area contributed by atoms with Crippen molar-refractivity contribution in [2.45, 2.75) is 56.9 Å². The van der Waals surface area contributed by atoms with Crippen LogP contribution in [0.5, 0.6) is 0 Å². The Hall–Kier alpha value is -3.81. The molecule has 4 atom stereocenters. The number of aromatic nitrogens is 4. The molecule has 0 bridgehead atoms. The fourth-order valence-electron chi connectivity index (χ4n) is 5.78. The van der Waals surface area contributed by atoms with Gasteiger partial charge in [-0.05, 0) is 15.4 Å². The minimum absolute atomic E-state index is 0.0166. The molecular weight excluding hydrogens is 542 g/mol. The first-order valence-electron chi connectivity index (χ1n) is 13.4. The zero-order chi connectivity index (χ0) is 29.5. The molecule has 0 amide bonds. The highest BCUT2D eigenvalue weighted by molar-refractivity contribution is 6.99. The second-order valence-corrected chi connectivity index (χ2v) is 15.5. The Kier molecular flexibility index (Phi) is 7.61. The van der Waals surface area contributed by atoms with Crippen molar-refractivity contribution in [2.24, 2.45) is 0 Å². The quantitative estimate of drug-likeness (QED) is 0.177. The van der Waals surface area contributed by atoms with Crippen molar-refractivity contribution in [3.63, 3.8) is 0 Å². The standard InChI is InChI=1S/C29H35N5O6Si/c1-5-16-33-21-24(31-27(30)32-25(21)37)34(28(33)38)26-23(36)22(35)20(40-26)17-39-41(29(2,3)4,18-12-8-6-9-13-18)19-14-10-7-11-15-19/h5-15,20,22-23,26,35-36H,1,16-17H2,2-4H3,(H3,30,31,32,37)/t20?,22-,23-,26?/m1/s1. The Bertz CT molecular complexity index is 1620. The molecule has 5 N–H and O–H groups in total. The Morgan fingerprint density at radius 3 is 2.20 bits per heavy atom. The molecule has 2 aromatic carbocycles. The normalized spacial score (nSPS) is 21.4. The van der Waals surface area contributed by atoms with Gasteiger partial charge in [-0.25, -0.2) is 9.36 Å². The Morgan fingerprint density at radius 1 is 1.07 bits per heavy atom. The highest BCUT2D eigenvalue weighted by Crippen LogP contribution is 2.38. The number of imidazole rings is 1. The fourth-order valence-corrected chi connectivity index (χ4v) is 10.3. The zero-order valence-corrected chi connectivity index (χ0v) is 24.2. The molecule has 216 valence electrons. The maximum absolute atomic E-state index is 13.5. The number of fused-ring (bicyclic) bond motifs is 1. The van der Waals surface area contributed by atoms with E-state index < -0.39 is 44.1 Å². The number of nitrogens with zero attached hydrogens (tertiary/aromatic N) is 3. The molecule has 1 saturated heterocycles. The zero-order valence-electron chi connectivity index (χ0n) is 23.2. The number of nitrogens with two attached hydrogens (primary N) is 1. The molecule has 1 aliphatic heterocycles. The number of aliphatic hydroxyl groups excluding tert-OH is 2. The van der Waals surface area contributed by atoms with Crippen LogP contribution in [0.3, 0.4) is 0 Å². The molecule has 0 saturated carbocycles. The van der Waals surface area contributed by atoms with Gasteiger partial charge >= 0.3 is 5.69 Å². The van der Waals surface area contributed by atoms with E-state index in [1.165, 1.54) is 10.6 Å². The van der Waals surface area contributed by atoms with Gasteiger partial charge in [-0.2, -0.15) is 4.98 Å². The van der Waals surface area contributed by atoms with Crippen LogP contribution >= 0.6 is 0 Å². The van der Waals surface area contributed by atoms with Gasteiger partial charge in [-0.1, -0.05) is 87.5 Å². The van der Waals surface area contributed by atoms with Gasteiger partial charge in [-0.15, -0.1) is 6.58 Å². The van der Waals surface area contributed by atoms with E-state index in [9.17, 15) is 19.8 Å². The van der Waals surface area contributed by atoms with E-state index >= 15 is 0 Å². The largest absolute Gasteiger partial charge is 0.405 e. The number of nitrogen functional groups attached to an aromatic ring is 1. The number of hydrogen-bond donors (Lipinski definition) is 4. The van der Waals surface area contributed by atoms with Crippen molar-refractivity contribution < 1.29 is 19.4 Å². The van der Waals surface area contributed by atoms with Crippen LogP contribution in [-0.2, 0) is 15.7 Å². The first-order valence-corrected chi connectivity index (χ1v) is 15.3. The lowest BCUT2D eigenvalue weighted by atomic mass is 10.1. The number of aliphatic hydroxyl groups is 2. The van der Waals surface area contributed by atoms with Crippen LogP contribution in [-0.4, -0.2) is 62.6 Å². The van der Waals surface area contributed by atoms with Crippen molar-refractivity contribution in [1.29, 1.82) is 0 Å². The van der Waals surface area contributed by atoms with Crippen LogP contribution < -0.4 is 27.4 Å². The lowest BCUT2D eigenvalue weighted by Gasteiger charge is -2.43. The summed E-state index contributed by atoms with van der Waals surface area (Å²) in [4.78, 5) is 32.7. The van der Waals surface area contributed by atoms with Gasteiger partial charge < -0.3 is 25.1 Å². The summed E-state index contributed by atoms with van der Waals surface area (Å²) in [6.07, 6.45) is -3.76. The molecular formula is C29H35N5O6Si. The van der Waals surface area contributed by atoms with E-state index in [-0.39, 0.29) is 35.3 Å². The smallest absolute Gasteiger partial charge is 0.333 e. The molecule has 0 radical (unpaired) electrons. The van der Waals surface area contributed by atoms with Crippen molar-refractivity contribution in [3.8, 4) is 0 Å². The van der Waals surface area contributed by atoms with E-state index in [4.69, 9.17) is 14.9 Å². The maximum Gasteiger partial charge on any atom is 0.333 e. The first kappa shape index (κ1) is 28.7. The number of benzene rings is 2. The predicted molar refractivity (Wildman–Crippen MR) is 159 cm³/mol. The number of nitrogens with one attached hydrogen (secondary N) is 1. The first-order chi connectivity index (χ1) is 19.5. The minimum atomic E-state index is -2.98. The molecule has 2 aromatic heterocycles. The average Bonchev–Trinajstić information content (AvgIpc) is 3.37. The Morgan fingerprint density at radius 2 is 1.66 bits per heavy atom. The summed E-state index contributed by atoms with van der Waals surface area (Å²) >= 11 is 0. The number of rotatable bonds is 8. The number of hydrogen-bond acceptors (Lipinski definition) is 8. The molecule has 2 unspecified atom stereocenters. The number of anilines is 1. The third-order valence-electron chi connectivity index (χ3n) is 7.61.